The highest BCUT2D eigenvalue weighted by atomic mass is 35.5. The lowest BCUT2D eigenvalue weighted by atomic mass is 9.91. The summed E-state index contributed by atoms with van der Waals surface area (Å²) in [4.78, 5) is 22.5. The van der Waals surface area contributed by atoms with Crippen LogP contribution in [0.1, 0.15) is 37.0 Å². The second-order valence-corrected chi connectivity index (χ2v) is 7.91. The number of esters is 1. The van der Waals surface area contributed by atoms with Crippen LogP contribution >= 0.6 is 11.6 Å². The SMILES string of the molecule is CO/N=C(/C(=O)OC)c1ccccc1/C(ON)=C(/C)C1CC1(C)c1ccc(Cl)cc1. The van der Waals surface area contributed by atoms with E-state index in [-0.39, 0.29) is 17.0 Å². The van der Waals surface area contributed by atoms with Crippen LogP contribution in [0.15, 0.2) is 59.3 Å². The summed E-state index contributed by atoms with van der Waals surface area (Å²) >= 11 is 6.04. The molecule has 1 aliphatic carbocycles. The molecular formula is C23H25ClN2O4. The first-order chi connectivity index (χ1) is 14.4. The van der Waals surface area contributed by atoms with Crippen LogP contribution in [-0.2, 0) is 24.6 Å². The number of methoxy groups -OCH3 is 1. The average molecular weight is 429 g/mol. The van der Waals surface area contributed by atoms with E-state index in [1.165, 1.54) is 19.8 Å². The van der Waals surface area contributed by atoms with Crippen LogP contribution in [0.3, 0.4) is 0 Å². The van der Waals surface area contributed by atoms with Gasteiger partial charge in [-0.1, -0.05) is 60.1 Å². The Kier molecular flexibility index (Phi) is 6.48. The Hall–Kier alpha value is -2.83. The molecule has 0 heterocycles. The first-order valence-electron chi connectivity index (χ1n) is 9.50. The van der Waals surface area contributed by atoms with Gasteiger partial charge in [0.25, 0.3) is 0 Å². The lowest BCUT2D eigenvalue weighted by Gasteiger charge is -2.17. The molecule has 2 N–H and O–H groups in total. The number of rotatable bonds is 7. The number of ether oxygens (including phenoxy) is 1. The molecule has 3 rings (SSSR count). The highest BCUT2D eigenvalue weighted by Crippen LogP contribution is 2.58. The summed E-state index contributed by atoms with van der Waals surface area (Å²) in [6.07, 6.45) is 0.950. The fourth-order valence-corrected chi connectivity index (χ4v) is 4.07. The van der Waals surface area contributed by atoms with E-state index in [0.717, 1.165) is 12.0 Å². The van der Waals surface area contributed by atoms with Crippen molar-refractivity contribution in [3.63, 3.8) is 0 Å². The summed E-state index contributed by atoms with van der Waals surface area (Å²) in [5.41, 5.74) is 3.35. The molecule has 0 aliphatic heterocycles. The first-order valence-corrected chi connectivity index (χ1v) is 9.88. The van der Waals surface area contributed by atoms with E-state index in [4.69, 9.17) is 31.9 Å². The molecule has 7 heteroatoms. The zero-order valence-electron chi connectivity index (χ0n) is 17.4. The van der Waals surface area contributed by atoms with Crippen molar-refractivity contribution >= 4 is 29.0 Å². The number of nitrogens with zero attached hydrogens (tertiary/aromatic N) is 1. The molecule has 30 heavy (non-hydrogen) atoms. The van der Waals surface area contributed by atoms with Crippen LogP contribution < -0.4 is 5.90 Å². The molecule has 1 aliphatic rings. The van der Waals surface area contributed by atoms with Crippen molar-refractivity contribution in [2.45, 2.75) is 25.7 Å². The standard InChI is InChI=1S/C23H25ClN2O4/c1-14(19-13-23(19,2)15-9-11-16(24)12-10-15)21(30-25)18-8-6-5-7-17(18)20(26-29-4)22(27)28-3/h5-12,19H,13,25H2,1-4H3/b21-14+,26-20+. The number of carbonyl (C=O) groups excluding carboxylic acids is 1. The topological polar surface area (TPSA) is 83.1 Å². The number of carbonyl (C=O) groups is 1. The number of benzene rings is 2. The van der Waals surface area contributed by atoms with Crippen LogP contribution in [-0.4, -0.2) is 25.9 Å². The Morgan fingerprint density at radius 2 is 1.77 bits per heavy atom. The van der Waals surface area contributed by atoms with Gasteiger partial charge in [-0.15, -0.1) is 0 Å². The minimum atomic E-state index is -0.615. The molecular weight excluding hydrogens is 404 g/mol. The third-order valence-electron chi connectivity index (χ3n) is 5.73. The van der Waals surface area contributed by atoms with Crippen molar-refractivity contribution in [2.75, 3.05) is 14.2 Å². The van der Waals surface area contributed by atoms with E-state index in [9.17, 15) is 4.79 Å². The molecule has 1 saturated carbocycles. The summed E-state index contributed by atoms with van der Waals surface area (Å²) in [6.45, 7) is 4.20. The molecule has 0 radical (unpaired) electrons. The van der Waals surface area contributed by atoms with Gasteiger partial charge in [-0.25, -0.2) is 4.79 Å². The van der Waals surface area contributed by atoms with Crippen molar-refractivity contribution in [1.29, 1.82) is 0 Å². The van der Waals surface area contributed by atoms with Gasteiger partial charge in [-0.2, -0.15) is 5.90 Å². The van der Waals surface area contributed by atoms with Gasteiger partial charge in [0.05, 0.1) is 7.11 Å². The van der Waals surface area contributed by atoms with Crippen LogP contribution in [0.5, 0.6) is 0 Å². The minimum Gasteiger partial charge on any atom is -0.464 e. The number of hydrogen-bond acceptors (Lipinski definition) is 6. The third-order valence-corrected chi connectivity index (χ3v) is 5.98. The molecule has 1 fully saturated rings. The van der Waals surface area contributed by atoms with Gasteiger partial charge in [0.1, 0.15) is 7.11 Å². The largest absolute Gasteiger partial charge is 0.464 e. The van der Waals surface area contributed by atoms with Gasteiger partial charge in [0, 0.05) is 16.1 Å². The fraction of sp³-hybridized carbons (Fsp3) is 0.304. The van der Waals surface area contributed by atoms with E-state index in [1.807, 2.05) is 43.3 Å². The third kappa shape index (κ3) is 4.06. The van der Waals surface area contributed by atoms with Crippen molar-refractivity contribution < 1.29 is 19.2 Å². The zero-order chi connectivity index (χ0) is 21.9. The van der Waals surface area contributed by atoms with E-state index in [0.29, 0.717) is 21.9 Å². The highest BCUT2D eigenvalue weighted by Gasteiger charge is 2.53. The second-order valence-electron chi connectivity index (χ2n) is 7.47. The molecule has 0 amide bonds. The normalized spacial score (nSPS) is 21.5. The molecule has 0 spiro atoms. The molecule has 2 atom stereocenters. The molecule has 0 saturated heterocycles. The van der Waals surface area contributed by atoms with Gasteiger partial charge < -0.3 is 14.4 Å². The van der Waals surface area contributed by atoms with Crippen LogP contribution in [0, 0.1) is 5.92 Å². The highest BCUT2D eigenvalue weighted by molar-refractivity contribution is 6.43. The molecule has 158 valence electrons. The molecule has 6 nitrogen and oxygen atoms in total. The predicted molar refractivity (Wildman–Crippen MR) is 117 cm³/mol. The van der Waals surface area contributed by atoms with Crippen LogP contribution in [0.25, 0.3) is 5.76 Å². The van der Waals surface area contributed by atoms with Crippen molar-refractivity contribution in [3.05, 3.63) is 75.8 Å². The summed E-state index contributed by atoms with van der Waals surface area (Å²) < 4.78 is 4.86. The molecule has 2 unspecified atom stereocenters. The zero-order valence-corrected chi connectivity index (χ0v) is 18.2. The summed E-state index contributed by atoms with van der Waals surface area (Å²) in [7, 11) is 2.66. The van der Waals surface area contributed by atoms with Crippen molar-refractivity contribution in [1.82, 2.24) is 0 Å². The maximum absolute atomic E-state index is 12.3. The maximum Gasteiger partial charge on any atom is 0.360 e. The average Bonchev–Trinajstić information content (AvgIpc) is 3.45. The number of allylic oxidation sites excluding steroid dienone is 1. The lowest BCUT2D eigenvalue weighted by Crippen LogP contribution is -2.20. The molecule has 0 bridgehead atoms. The van der Waals surface area contributed by atoms with Crippen LogP contribution in [0.2, 0.25) is 5.02 Å². The summed E-state index contributed by atoms with van der Waals surface area (Å²) in [6, 6.07) is 15.1. The summed E-state index contributed by atoms with van der Waals surface area (Å²) in [5.74, 6) is 5.82. The van der Waals surface area contributed by atoms with Crippen molar-refractivity contribution in [3.8, 4) is 0 Å². The van der Waals surface area contributed by atoms with E-state index >= 15 is 0 Å². The Labute approximate surface area is 181 Å². The summed E-state index contributed by atoms with van der Waals surface area (Å²) in [5, 5.41) is 4.57. The van der Waals surface area contributed by atoms with Crippen molar-refractivity contribution in [2.24, 2.45) is 17.0 Å². The lowest BCUT2D eigenvalue weighted by molar-refractivity contribution is -0.132. The van der Waals surface area contributed by atoms with Gasteiger partial charge in [-0.05, 0) is 47.9 Å². The first kappa shape index (κ1) is 21.9. The van der Waals surface area contributed by atoms with Crippen LogP contribution in [0.4, 0.5) is 0 Å². The number of halogens is 1. The van der Waals surface area contributed by atoms with Gasteiger partial charge in [-0.3, -0.25) is 0 Å². The number of oxime groups is 1. The van der Waals surface area contributed by atoms with Gasteiger partial charge in [0.2, 0.25) is 0 Å². The second kappa shape index (κ2) is 8.90. The fourth-order valence-electron chi connectivity index (χ4n) is 3.94. The number of hydrogen-bond donors (Lipinski definition) is 1. The number of nitrogens with two attached hydrogens (primary N) is 1. The molecule has 0 aromatic heterocycles. The Morgan fingerprint density at radius 3 is 2.33 bits per heavy atom. The quantitative estimate of drug-likeness (QED) is 0.304. The minimum absolute atomic E-state index is 0.0363. The van der Waals surface area contributed by atoms with E-state index < -0.39 is 5.97 Å². The monoisotopic (exact) mass is 428 g/mol. The van der Waals surface area contributed by atoms with Gasteiger partial charge in [0.15, 0.2) is 11.5 Å². The Morgan fingerprint density at radius 1 is 1.13 bits per heavy atom. The Balaban J connectivity index is 2.04. The maximum atomic E-state index is 12.3. The van der Waals surface area contributed by atoms with Gasteiger partial charge >= 0.3 is 5.97 Å². The van der Waals surface area contributed by atoms with E-state index in [2.05, 4.69) is 12.1 Å². The Bertz CT molecular complexity index is 1000. The molecule has 2 aromatic carbocycles. The van der Waals surface area contributed by atoms with E-state index in [1.54, 1.807) is 12.1 Å². The predicted octanol–water partition coefficient (Wildman–Crippen LogP) is 4.46. The smallest absolute Gasteiger partial charge is 0.360 e. The molecule has 2 aromatic rings.